The van der Waals surface area contributed by atoms with Crippen molar-refractivity contribution in [2.24, 2.45) is 0 Å². The van der Waals surface area contributed by atoms with Crippen LogP contribution in [0.25, 0.3) is 0 Å². The second kappa shape index (κ2) is 15.6. The summed E-state index contributed by atoms with van der Waals surface area (Å²) in [5.74, 6) is -1.04. The van der Waals surface area contributed by atoms with Gasteiger partial charge in [0.05, 0.1) is 23.1 Å². The number of sulfonamides is 1. The maximum atomic E-state index is 14.1. The molecule has 0 aliphatic carbocycles. The molecule has 0 spiro atoms. The molecule has 0 aromatic heterocycles. The van der Waals surface area contributed by atoms with E-state index in [4.69, 9.17) is 4.74 Å². The summed E-state index contributed by atoms with van der Waals surface area (Å²) in [5.41, 5.74) is 4.12. The predicted molar refractivity (Wildman–Crippen MR) is 173 cm³/mol. The van der Waals surface area contributed by atoms with Crippen molar-refractivity contribution >= 4 is 21.9 Å². The van der Waals surface area contributed by atoms with Crippen molar-refractivity contribution in [2.75, 3.05) is 53.4 Å². The Morgan fingerprint density at radius 3 is 2.60 bits per heavy atom. The fraction of sp³-hybridized carbons (Fsp3) is 0.500. The minimum absolute atomic E-state index is 0.00910. The van der Waals surface area contributed by atoms with Gasteiger partial charge in [0.15, 0.2) is 0 Å². The standard InChI is InChI=1S/C34H45N5O5S/c1-5-44-34(41)32-20-25(2)12-19-39(32)33(40)31(22-26-8-6-9-27(21-26)24-35)36-45(42,43)30-11-10-28-13-17-38(16-7-15-37(3)4)18-14-29(28)23-30/h6,8-12,21,23,31-32,36H,5,7,13-20,22H2,1-4H3/t31-,32+/m0/s1. The van der Waals surface area contributed by atoms with Crippen LogP contribution in [0.15, 0.2) is 59.0 Å². The number of nitrogens with zero attached hydrogens (tertiary/aromatic N) is 4. The Labute approximate surface area is 267 Å². The normalized spacial score (nSPS) is 18.0. The molecule has 2 aromatic carbocycles. The summed E-state index contributed by atoms with van der Waals surface area (Å²) >= 11 is 0. The van der Waals surface area contributed by atoms with Crippen LogP contribution in [-0.4, -0.2) is 101 Å². The zero-order chi connectivity index (χ0) is 32.6. The van der Waals surface area contributed by atoms with Gasteiger partial charge in [-0.3, -0.25) is 4.79 Å². The SMILES string of the molecule is CCOC(=O)[C@H]1CC(C)=CCN1C(=O)[C@H](Cc1cccc(C#N)c1)NS(=O)(=O)c1ccc2c(c1)CCN(CCCN(C)C)CC2. The number of ether oxygens (including phenoxy) is 1. The lowest BCUT2D eigenvalue weighted by molar-refractivity contribution is -0.155. The molecule has 2 aromatic rings. The number of amides is 1. The topological polar surface area (TPSA) is 123 Å². The van der Waals surface area contributed by atoms with Gasteiger partial charge in [0.1, 0.15) is 12.1 Å². The van der Waals surface area contributed by atoms with E-state index in [1.165, 1.54) is 4.90 Å². The molecule has 0 radical (unpaired) electrons. The van der Waals surface area contributed by atoms with Crippen molar-refractivity contribution in [3.63, 3.8) is 0 Å². The second-order valence-corrected chi connectivity index (χ2v) is 13.8. The molecule has 11 heteroatoms. The number of carbonyl (C=O) groups is 2. The highest BCUT2D eigenvalue weighted by atomic mass is 32.2. The number of esters is 1. The van der Waals surface area contributed by atoms with Crippen molar-refractivity contribution < 1.29 is 22.7 Å². The fourth-order valence-electron chi connectivity index (χ4n) is 5.96. The average molecular weight is 636 g/mol. The molecule has 2 aliphatic rings. The van der Waals surface area contributed by atoms with Crippen LogP contribution in [0.3, 0.4) is 0 Å². The lowest BCUT2D eigenvalue weighted by Gasteiger charge is -2.35. The number of fused-ring (bicyclic) bond motifs is 1. The van der Waals surface area contributed by atoms with Crippen molar-refractivity contribution in [3.8, 4) is 6.07 Å². The molecule has 45 heavy (non-hydrogen) atoms. The van der Waals surface area contributed by atoms with Crippen LogP contribution >= 0.6 is 0 Å². The highest BCUT2D eigenvalue weighted by Gasteiger charge is 2.38. The van der Waals surface area contributed by atoms with Gasteiger partial charge in [0, 0.05) is 19.6 Å². The van der Waals surface area contributed by atoms with E-state index in [2.05, 4.69) is 34.7 Å². The highest BCUT2D eigenvalue weighted by Crippen LogP contribution is 2.24. The molecular weight excluding hydrogens is 590 g/mol. The van der Waals surface area contributed by atoms with Crippen LogP contribution < -0.4 is 4.72 Å². The molecule has 0 fully saturated rings. The largest absolute Gasteiger partial charge is 0.464 e. The highest BCUT2D eigenvalue weighted by molar-refractivity contribution is 7.89. The van der Waals surface area contributed by atoms with E-state index in [0.717, 1.165) is 62.1 Å². The number of nitrogens with one attached hydrogen (secondary N) is 1. The Morgan fingerprint density at radius 1 is 1.13 bits per heavy atom. The third-order valence-corrected chi connectivity index (χ3v) is 9.89. The van der Waals surface area contributed by atoms with E-state index in [-0.39, 0.29) is 24.5 Å². The van der Waals surface area contributed by atoms with Crippen LogP contribution in [0.2, 0.25) is 0 Å². The summed E-state index contributed by atoms with van der Waals surface area (Å²) in [6, 6.07) is 12.0. The molecule has 242 valence electrons. The second-order valence-electron chi connectivity index (χ2n) is 12.1. The molecule has 4 rings (SSSR count). The smallest absolute Gasteiger partial charge is 0.329 e. The van der Waals surface area contributed by atoms with Gasteiger partial charge in [-0.05, 0) is 114 Å². The van der Waals surface area contributed by atoms with Gasteiger partial charge in [0.2, 0.25) is 15.9 Å². The molecular formula is C34H45N5O5S. The predicted octanol–water partition coefficient (Wildman–Crippen LogP) is 2.91. The van der Waals surface area contributed by atoms with Crippen LogP contribution in [0.4, 0.5) is 0 Å². The summed E-state index contributed by atoms with van der Waals surface area (Å²) < 4.78 is 35.7. The maximum Gasteiger partial charge on any atom is 0.329 e. The van der Waals surface area contributed by atoms with Gasteiger partial charge in [-0.15, -0.1) is 0 Å². The van der Waals surface area contributed by atoms with E-state index < -0.39 is 34.0 Å². The third-order valence-electron chi connectivity index (χ3n) is 8.42. The molecule has 2 atom stereocenters. The molecule has 1 amide bonds. The summed E-state index contributed by atoms with van der Waals surface area (Å²) in [7, 11) is 0.00350. The zero-order valence-electron chi connectivity index (χ0n) is 26.8. The number of hydrogen-bond donors (Lipinski definition) is 1. The Bertz CT molecular complexity index is 1550. The van der Waals surface area contributed by atoms with E-state index in [9.17, 15) is 23.3 Å². The van der Waals surface area contributed by atoms with E-state index in [0.29, 0.717) is 17.5 Å². The van der Waals surface area contributed by atoms with E-state index in [1.807, 2.05) is 19.1 Å². The minimum atomic E-state index is -4.13. The van der Waals surface area contributed by atoms with Crippen molar-refractivity contribution in [3.05, 3.63) is 76.4 Å². The van der Waals surface area contributed by atoms with Crippen LogP contribution in [0, 0.1) is 11.3 Å². The third kappa shape index (κ3) is 9.23. The Kier molecular flexibility index (Phi) is 11.9. The first-order valence-corrected chi connectivity index (χ1v) is 17.1. The van der Waals surface area contributed by atoms with Crippen molar-refractivity contribution in [2.45, 2.75) is 62.9 Å². The molecule has 2 heterocycles. The lowest BCUT2D eigenvalue weighted by Crippen LogP contribution is -2.56. The van der Waals surface area contributed by atoms with Crippen molar-refractivity contribution in [1.29, 1.82) is 5.26 Å². The number of benzene rings is 2. The van der Waals surface area contributed by atoms with Crippen LogP contribution in [-0.2, 0) is 43.6 Å². The Balaban J connectivity index is 1.59. The Morgan fingerprint density at radius 2 is 1.89 bits per heavy atom. The van der Waals surface area contributed by atoms with Crippen molar-refractivity contribution in [1.82, 2.24) is 19.4 Å². The number of rotatable bonds is 12. The van der Waals surface area contributed by atoms with E-state index >= 15 is 0 Å². The molecule has 1 N–H and O–H groups in total. The van der Waals surface area contributed by atoms with E-state index in [1.54, 1.807) is 43.3 Å². The summed E-state index contributed by atoms with van der Waals surface area (Å²) in [5, 5.41) is 9.41. The molecule has 0 bridgehead atoms. The molecule has 0 saturated carbocycles. The first kappa shape index (κ1) is 34.3. The quantitative estimate of drug-likeness (QED) is 0.279. The Hall–Kier alpha value is -3.56. The zero-order valence-corrected chi connectivity index (χ0v) is 27.6. The van der Waals surface area contributed by atoms with Gasteiger partial charge in [0.25, 0.3) is 0 Å². The summed E-state index contributed by atoms with van der Waals surface area (Å²) in [4.78, 5) is 33.1. The summed E-state index contributed by atoms with van der Waals surface area (Å²) in [6.07, 6.45) is 4.85. The van der Waals surface area contributed by atoms with Gasteiger partial charge >= 0.3 is 5.97 Å². The summed E-state index contributed by atoms with van der Waals surface area (Å²) in [6.45, 7) is 7.72. The molecule has 10 nitrogen and oxygen atoms in total. The van der Waals surface area contributed by atoms with Gasteiger partial charge in [-0.2, -0.15) is 9.98 Å². The van der Waals surface area contributed by atoms with Crippen LogP contribution in [0.5, 0.6) is 0 Å². The van der Waals surface area contributed by atoms with Crippen LogP contribution in [0.1, 0.15) is 48.9 Å². The number of hydrogen-bond acceptors (Lipinski definition) is 8. The number of nitriles is 1. The average Bonchev–Trinajstić information content (AvgIpc) is 3.22. The molecule has 0 unspecified atom stereocenters. The first-order valence-electron chi connectivity index (χ1n) is 15.6. The molecule has 0 saturated heterocycles. The van der Waals surface area contributed by atoms with Gasteiger partial charge < -0.3 is 19.4 Å². The van der Waals surface area contributed by atoms with Gasteiger partial charge in [-0.1, -0.05) is 29.8 Å². The maximum absolute atomic E-state index is 14.1. The monoisotopic (exact) mass is 635 g/mol. The van der Waals surface area contributed by atoms with Gasteiger partial charge in [-0.25, -0.2) is 13.2 Å². The lowest BCUT2D eigenvalue weighted by atomic mass is 9.98. The first-order chi connectivity index (χ1) is 21.5. The minimum Gasteiger partial charge on any atom is -0.464 e. The number of carbonyl (C=O) groups excluding carboxylic acids is 2. The molecule has 2 aliphatic heterocycles. The fourth-order valence-corrected chi connectivity index (χ4v) is 7.20.